The van der Waals surface area contributed by atoms with E-state index in [1.807, 2.05) is 66.9 Å². The molecule has 29 heavy (non-hydrogen) atoms. The number of nitrogens with zero attached hydrogens (tertiary/aromatic N) is 2. The van der Waals surface area contributed by atoms with Crippen LogP contribution < -0.4 is 0 Å². The molecular formula is C26H27FN2. The number of rotatable bonds is 9. The minimum Gasteiger partial charge on any atom is -0.251 e. The van der Waals surface area contributed by atoms with Crippen LogP contribution in [-0.2, 0) is 12.8 Å². The first-order valence-corrected chi connectivity index (χ1v) is 10.2. The highest BCUT2D eigenvalue weighted by atomic mass is 19.1. The van der Waals surface area contributed by atoms with Crippen molar-refractivity contribution in [3.63, 3.8) is 0 Å². The summed E-state index contributed by atoms with van der Waals surface area (Å²) in [6.45, 7) is 1.85. The zero-order valence-electron chi connectivity index (χ0n) is 16.9. The Morgan fingerprint density at radius 1 is 0.828 bits per heavy atom. The Morgan fingerprint density at radius 2 is 1.52 bits per heavy atom. The lowest BCUT2D eigenvalue weighted by Gasteiger charge is -2.07. The summed E-state index contributed by atoms with van der Waals surface area (Å²) in [6, 6.07) is 26.2. The third kappa shape index (κ3) is 5.95. The van der Waals surface area contributed by atoms with Gasteiger partial charge in [-0.25, -0.2) is 0 Å². The van der Waals surface area contributed by atoms with Crippen molar-refractivity contribution in [2.45, 2.75) is 32.6 Å². The molecule has 0 unspecified atom stereocenters. The minimum absolute atomic E-state index is 0.347. The van der Waals surface area contributed by atoms with Crippen molar-refractivity contribution in [1.29, 1.82) is 0 Å². The van der Waals surface area contributed by atoms with E-state index in [-0.39, 0.29) is 6.67 Å². The van der Waals surface area contributed by atoms with E-state index in [9.17, 15) is 4.39 Å². The maximum Gasteiger partial charge on any atom is 0.100 e. The lowest BCUT2D eigenvalue weighted by molar-refractivity contribution is 0.495. The van der Waals surface area contributed by atoms with E-state index in [0.717, 1.165) is 40.8 Å². The van der Waals surface area contributed by atoms with Gasteiger partial charge in [-0.15, -0.1) is 5.10 Å². The van der Waals surface area contributed by atoms with Gasteiger partial charge in [-0.2, -0.15) is 5.10 Å². The second-order valence-electron chi connectivity index (χ2n) is 7.00. The summed E-state index contributed by atoms with van der Waals surface area (Å²) in [5.41, 5.74) is 6.16. The van der Waals surface area contributed by atoms with Gasteiger partial charge < -0.3 is 0 Å². The average Bonchev–Trinajstić information content (AvgIpc) is 2.77. The summed E-state index contributed by atoms with van der Waals surface area (Å²) in [5.74, 6) is 0. The van der Waals surface area contributed by atoms with E-state index >= 15 is 0 Å². The molecule has 3 aromatic rings. The first-order chi connectivity index (χ1) is 14.3. The smallest absolute Gasteiger partial charge is 0.100 e. The highest BCUT2D eigenvalue weighted by molar-refractivity contribution is 6.13. The molecule has 0 radical (unpaired) electrons. The molecule has 0 aromatic heterocycles. The van der Waals surface area contributed by atoms with Gasteiger partial charge in [0.25, 0.3) is 0 Å². The van der Waals surface area contributed by atoms with Crippen molar-refractivity contribution in [2.24, 2.45) is 10.2 Å². The van der Waals surface area contributed by atoms with Crippen molar-refractivity contribution in [2.75, 3.05) is 6.67 Å². The second kappa shape index (κ2) is 11.1. The van der Waals surface area contributed by atoms with Crippen molar-refractivity contribution in [1.82, 2.24) is 0 Å². The van der Waals surface area contributed by atoms with Gasteiger partial charge in [-0.1, -0.05) is 92.2 Å². The number of benzene rings is 3. The molecule has 0 aliphatic carbocycles. The van der Waals surface area contributed by atoms with Crippen LogP contribution in [0.5, 0.6) is 0 Å². The van der Waals surface area contributed by atoms with E-state index in [0.29, 0.717) is 6.42 Å². The summed E-state index contributed by atoms with van der Waals surface area (Å²) in [6.07, 6.45) is 5.65. The largest absolute Gasteiger partial charge is 0.251 e. The molecule has 0 heterocycles. The van der Waals surface area contributed by atoms with Crippen LogP contribution >= 0.6 is 0 Å². The normalized spacial score (nSPS) is 11.9. The van der Waals surface area contributed by atoms with E-state index in [2.05, 4.69) is 35.3 Å². The molecule has 3 heteroatoms. The fourth-order valence-corrected chi connectivity index (χ4v) is 3.22. The van der Waals surface area contributed by atoms with Crippen LogP contribution in [0.15, 0.2) is 89.1 Å². The number of hydrogen-bond acceptors (Lipinski definition) is 2. The molecule has 0 N–H and O–H groups in total. The van der Waals surface area contributed by atoms with Crippen molar-refractivity contribution < 1.29 is 4.39 Å². The van der Waals surface area contributed by atoms with Crippen LogP contribution in [0, 0.1) is 0 Å². The lowest BCUT2D eigenvalue weighted by atomic mass is 10.0. The Balaban J connectivity index is 1.91. The first kappa shape index (κ1) is 20.7. The standard InChI is InChI=1S/C26H27FN2/c1-2-3-9-22-10-7-8-13-25(22)20-28-29-26(23-11-5-4-6-12-23)24-16-14-21(15-17-24)18-19-27/h4-8,10-17,20H,2-3,9,18-19H2,1H3. The van der Waals surface area contributed by atoms with Gasteiger partial charge in [0.05, 0.1) is 12.9 Å². The number of hydrogen-bond donors (Lipinski definition) is 0. The van der Waals surface area contributed by atoms with Gasteiger partial charge in [-0.3, -0.25) is 4.39 Å². The van der Waals surface area contributed by atoms with Crippen LogP contribution in [0.1, 0.15) is 47.6 Å². The van der Waals surface area contributed by atoms with Crippen LogP contribution in [0.4, 0.5) is 4.39 Å². The molecule has 2 nitrogen and oxygen atoms in total. The molecule has 0 atom stereocenters. The topological polar surface area (TPSA) is 24.7 Å². The average molecular weight is 387 g/mol. The molecule has 0 saturated heterocycles. The van der Waals surface area contributed by atoms with Gasteiger partial charge in [0.2, 0.25) is 0 Å². The van der Waals surface area contributed by atoms with Crippen molar-refractivity contribution in [3.8, 4) is 0 Å². The summed E-state index contributed by atoms with van der Waals surface area (Å²) in [4.78, 5) is 0. The summed E-state index contributed by atoms with van der Waals surface area (Å²) in [5, 5.41) is 8.99. The molecule has 0 bridgehead atoms. The minimum atomic E-state index is -0.347. The first-order valence-electron chi connectivity index (χ1n) is 10.2. The highest BCUT2D eigenvalue weighted by Crippen LogP contribution is 2.14. The Bertz CT molecular complexity index is 944. The van der Waals surface area contributed by atoms with Gasteiger partial charge in [0.1, 0.15) is 5.71 Å². The van der Waals surface area contributed by atoms with Crippen molar-refractivity contribution >= 4 is 11.9 Å². The van der Waals surface area contributed by atoms with E-state index < -0.39 is 0 Å². The van der Waals surface area contributed by atoms with Gasteiger partial charge in [0, 0.05) is 17.5 Å². The Labute approximate surface area is 172 Å². The summed E-state index contributed by atoms with van der Waals surface area (Å²) < 4.78 is 12.6. The Morgan fingerprint density at radius 3 is 2.24 bits per heavy atom. The molecule has 3 rings (SSSR count). The molecule has 0 aliphatic rings. The van der Waals surface area contributed by atoms with Gasteiger partial charge >= 0.3 is 0 Å². The highest BCUT2D eigenvalue weighted by Gasteiger charge is 2.07. The SMILES string of the molecule is CCCCc1ccccc1C=NN=C(c1ccccc1)c1ccc(CCF)cc1. The van der Waals surface area contributed by atoms with Gasteiger partial charge in [0.15, 0.2) is 0 Å². The predicted octanol–water partition coefficient (Wildman–Crippen LogP) is 6.41. The zero-order valence-corrected chi connectivity index (χ0v) is 16.9. The van der Waals surface area contributed by atoms with Crippen LogP contribution in [0.25, 0.3) is 0 Å². The number of alkyl halides is 1. The number of halogens is 1. The van der Waals surface area contributed by atoms with E-state index in [4.69, 9.17) is 0 Å². The second-order valence-corrected chi connectivity index (χ2v) is 7.00. The molecule has 0 spiro atoms. The van der Waals surface area contributed by atoms with Crippen LogP contribution in [0.3, 0.4) is 0 Å². The Kier molecular flexibility index (Phi) is 7.88. The maximum absolute atomic E-state index is 12.6. The fourth-order valence-electron chi connectivity index (χ4n) is 3.22. The Hall–Kier alpha value is -3.07. The molecular weight excluding hydrogens is 359 g/mol. The predicted molar refractivity (Wildman–Crippen MR) is 121 cm³/mol. The van der Waals surface area contributed by atoms with Crippen LogP contribution in [-0.4, -0.2) is 18.6 Å². The molecule has 0 amide bonds. The van der Waals surface area contributed by atoms with Crippen LogP contribution in [0.2, 0.25) is 0 Å². The zero-order chi connectivity index (χ0) is 20.3. The molecule has 0 fully saturated rings. The third-order valence-electron chi connectivity index (χ3n) is 4.87. The van der Waals surface area contributed by atoms with Crippen molar-refractivity contribution in [3.05, 3.63) is 107 Å². The lowest BCUT2D eigenvalue weighted by Crippen LogP contribution is -2.03. The number of aryl methyl sites for hydroxylation is 2. The number of unbranched alkanes of at least 4 members (excludes halogenated alkanes) is 1. The fraction of sp³-hybridized carbons (Fsp3) is 0.231. The molecule has 0 aliphatic heterocycles. The van der Waals surface area contributed by atoms with E-state index in [1.165, 1.54) is 12.0 Å². The molecule has 148 valence electrons. The quantitative estimate of drug-likeness (QED) is 0.300. The summed E-state index contributed by atoms with van der Waals surface area (Å²) in [7, 11) is 0. The van der Waals surface area contributed by atoms with Gasteiger partial charge in [-0.05, 0) is 29.5 Å². The molecule has 3 aromatic carbocycles. The monoisotopic (exact) mass is 386 g/mol. The maximum atomic E-state index is 12.6. The third-order valence-corrected chi connectivity index (χ3v) is 4.87. The summed E-state index contributed by atoms with van der Waals surface area (Å²) >= 11 is 0. The van der Waals surface area contributed by atoms with E-state index in [1.54, 1.807) is 0 Å². The molecule has 0 saturated carbocycles.